The van der Waals surface area contributed by atoms with Gasteiger partial charge in [0.05, 0.1) is 16.8 Å². The molecule has 28 heavy (non-hydrogen) atoms. The maximum atomic E-state index is 11.1. The second kappa shape index (κ2) is 9.30. The van der Waals surface area contributed by atoms with Crippen LogP contribution >= 0.6 is 0 Å². The minimum atomic E-state index is -0.979. The number of carboxylic acid groups (broad SMARTS) is 1. The summed E-state index contributed by atoms with van der Waals surface area (Å²) in [6.45, 7) is 2.87. The molecule has 1 aromatic heterocycles. The third-order valence-corrected chi connectivity index (χ3v) is 4.96. The van der Waals surface area contributed by atoms with Gasteiger partial charge in [-0.2, -0.15) is 4.98 Å². The van der Waals surface area contributed by atoms with Crippen LogP contribution in [-0.4, -0.2) is 39.3 Å². The van der Waals surface area contributed by atoms with Crippen LogP contribution in [0.3, 0.4) is 0 Å². The van der Waals surface area contributed by atoms with Gasteiger partial charge in [0.1, 0.15) is 5.82 Å². The smallest absolute Gasteiger partial charge is 0.335 e. The minimum absolute atomic E-state index is 0.201. The third kappa shape index (κ3) is 4.85. The number of carboxylic acids is 1. The third-order valence-electron chi connectivity index (χ3n) is 4.96. The van der Waals surface area contributed by atoms with Crippen molar-refractivity contribution in [2.45, 2.75) is 51.5 Å². The van der Waals surface area contributed by atoms with Gasteiger partial charge in [-0.3, -0.25) is 5.41 Å². The van der Waals surface area contributed by atoms with Gasteiger partial charge in [0.15, 0.2) is 0 Å². The molecule has 1 saturated carbocycles. The molecule has 1 aromatic carbocycles. The molecular formula is C21H27N5O2. The quantitative estimate of drug-likeness (QED) is 0.511. The predicted molar refractivity (Wildman–Crippen MR) is 111 cm³/mol. The van der Waals surface area contributed by atoms with E-state index in [1.165, 1.54) is 31.4 Å². The number of nitrogens with zero attached hydrogens (tertiary/aromatic N) is 2. The Bertz CT molecular complexity index is 829. The summed E-state index contributed by atoms with van der Waals surface area (Å²) in [5, 5.41) is 24.4. The van der Waals surface area contributed by atoms with Gasteiger partial charge >= 0.3 is 5.97 Å². The van der Waals surface area contributed by atoms with Crippen LogP contribution in [0.1, 0.15) is 66.9 Å². The number of anilines is 2. The summed E-state index contributed by atoms with van der Waals surface area (Å²) in [7, 11) is 0. The van der Waals surface area contributed by atoms with Gasteiger partial charge in [-0.1, -0.05) is 38.3 Å². The zero-order valence-electron chi connectivity index (χ0n) is 16.2. The van der Waals surface area contributed by atoms with Crippen molar-refractivity contribution >= 4 is 23.4 Å². The number of hydrogen-bond acceptors (Lipinski definition) is 6. The summed E-state index contributed by atoms with van der Waals surface area (Å²) in [6.07, 6.45) is 8.51. The number of nitrogens with one attached hydrogen (secondary N) is 3. The summed E-state index contributed by atoms with van der Waals surface area (Å²) < 4.78 is 0. The monoisotopic (exact) mass is 381 g/mol. The summed E-state index contributed by atoms with van der Waals surface area (Å²) in [4.78, 5) is 20.1. The topological polar surface area (TPSA) is 111 Å². The van der Waals surface area contributed by atoms with Crippen molar-refractivity contribution in [2.75, 3.05) is 17.2 Å². The highest BCUT2D eigenvalue weighted by atomic mass is 16.4. The summed E-state index contributed by atoms with van der Waals surface area (Å²) in [5.41, 5.74) is 1.73. The molecule has 4 N–H and O–H groups in total. The highest BCUT2D eigenvalue weighted by Gasteiger charge is 2.19. The Balaban J connectivity index is 1.88. The van der Waals surface area contributed by atoms with E-state index in [0.717, 1.165) is 25.8 Å². The second-order valence-electron chi connectivity index (χ2n) is 7.12. The van der Waals surface area contributed by atoms with Gasteiger partial charge in [-0.15, -0.1) is 0 Å². The molecule has 1 aliphatic rings. The molecule has 0 unspecified atom stereocenters. The van der Waals surface area contributed by atoms with E-state index in [0.29, 0.717) is 28.9 Å². The lowest BCUT2D eigenvalue weighted by molar-refractivity contribution is 0.0697. The Morgan fingerprint density at radius 1 is 1.18 bits per heavy atom. The Labute approximate surface area is 165 Å². The van der Waals surface area contributed by atoms with Crippen molar-refractivity contribution in [1.29, 1.82) is 5.41 Å². The lowest BCUT2D eigenvalue weighted by Gasteiger charge is -2.24. The van der Waals surface area contributed by atoms with Gasteiger partial charge in [0, 0.05) is 24.3 Å². The summed E-state index contributed by atoms with van der Waals surface area (Å²) in [6, 6.07) is 6.68. The van der Waals surface area contributed by atoms with Crippen molar-refractivity contribution in [3.63, 3.8) is 0 Å². The normalized spacial score (nSPS) is 14.5. The molecule has 0 spiro atoms. The van der Waals surface area contributed by atoms with Crippen LogP contribution in [0.25, 0.3) is 0 Å². The summed E-state index contributed by atoms with van der Waals surface area (Å²) >= 11 is 0. The van der Waals surface area contributed by atoms with E-state index < -0.39 is 5.97 Å². The number of rotatable bonds is 8. The molecule has 0 aliphatic heterocycles. The SMILES string of the molecule is CCCNc1ncc(C(=N)c2ccc(C(=O)O)cc2)c(NC2CCCCC2)n1. The predicted octanol–water partition coefficient (Wildman–Crippen LogP) is 4.16. The van der Waals surface area contributed by atoms with E-state index in [1.54, 1.807) is 18.3 Å². The largest absolute Gasteiger partial charge is 0.478 e. The first-order chi connectivity index (χ1) is 13.6. The molecule has 1 aliphatic carbocycles. The molecule has 0 radical (unpaired) electrons. The minimum Gasteiger partial charge on any atom is -0.478 e. The number of aromatic nitrogens is 2. The van der Waals surface area contributed by atoms with Gasteiger partial charge in [-0.25, -0.2) is 9.78 Å². The Morgan fingerprint density at radius 2 is 1.86 bits per heavy atom. The molecular weight excluding hydrogens is 354 g/mol. The van der Waals surface area contributed by atoms with Crippen molar-refractivity contribution in [2.24, 2.45) is 0 Å². The van der Waals surface area contributed by atoms with E-state index in [2.05, 4.69) is 27.5 Å². The van der Waals surface area contributed by atoms with Crippen LogP contribution in [0.5, 0.6) is 0 Å². The first kappa shape index (κ1) is 19.8. The highest BCUT2D eigenvalue weighted by Crippen LogP contribution is 2.25. The molecule has 7 nitrogen and oxygen atoms in total. The van der Waals surface area contributed by atoms with Gasteiger partial charge in [0.2, 0.25) is 5.95 Å². The van der Waals surface area contributed by atoms with Crippen molar-refractivity contribution in [3.05, 3.63) is 47.2 Å². The van der Waals surface area contributed by atoms with Gasteiger partial charge in [0.25, 0.3) is 0 Å². The molecule has 1 heterocycles. The molecule has 2 aromatic rings. The summed E-state index contributed by atoms with van der Waals surface area (Å²) in [5.74, 6) is 0.234. The van der Waals surface area contributed by atoms with Crippen LogP contribution in [0.15, 0.2) is 30.5 Å². The molecule has 3 rings (SSSR count). The van der Waals surface area contributed by atoms with Crippen LogP contribution < -0.4 is 10.6 Å². The molecule has 1 fully saturated rings. The molecule has 0 amide bonds. The van der Waals surface area contributed by atoms with E-state index in [4.69, 9.17) is 10.5 Å². The van der Waals surface area contributed by atoms with Crippen molar-refractivity contribution < 1.29 is 9.90 Å². The highest BCUT2D eigenvalue weighted by molar-refractivity contribution is 6.13. The van der Waals surface area contributed by atoms with Gasteiger partial charge in [-0.05, 0) is 31.4 Å². The van der Waals surface area contributed by atoms with Crippen molar-refractivity contribution in [3.8, 4) is 0 Å². The van der Waals surface area contributed by atoms with Crippen molar-refractivity contribution in [1.82, 2.24) is 9.97 Å². The molecule has 7 heteroatoms. The fourth-order valence-electron chi connectivity index (χ4n) is 3.37. The van der Waals surface area contributed by atoms with Crippen LogP contribution in [0.4, 0.5) is 11.8 Å². The molecule has 0 bridgehead atoms. The standard InChI is InChI=1S/C21H27N5O2/c1-2-12-23-21-24-13-17(19(26-21)25-16-6-4-3-5-7-16)18(22)14-8-10-15(11-9-14)20(27)28/h8-11,13,16,22H,2-7,12H2,1H3,(H,27,28)(H2,23,24,25,26). The maximum Gasteiger partial charge on any atom is 0.335 e. The van der Waals surface area contributed by atoms with E-state index in [1.807, 2.05) is 0 Å². The lowest BCUT2D eigenvalue weighted by Crippen LogP contribution is -2.25. The van der Waals surface area contributed by atoms with Crippen LogP contribution in [0.2, 0.25) is 0 Å². The molecule has 0 saturated heterocycles. The first-order valence-corrected chi connectivity index (χ1v) is 9.88. The van der Waals surface area contributed by atoms with E-state index in [9.17, 15) is 4.79 Å². The molecule has 0 atom stereocenters. The zero-order chi connectivity index (χ0) is 19.9. The van der Waals surface area contributed by atoms with Crippen LogP contribution in [0, 0.1) is 5.41 Å². The van der Waals surface area contributed by atoms with Crippen LogP contribution in [-0.2, 0) is 0 Å². The number of carbonyl (C=O) groups is 1. The first-order valence-electron chi connectivity index (χ1n) is 9.88. The number of hydrogen-bond donors (Lipinski definition) is 4. The van der Waals surface area contributed by atoms with E-state index in [-0.39, 0.29) is 11.3 Å². The Morgan fingerprint density at radius 3 is 2.50 bits per heavy atom. The van der Waals surface area contributed by atoms with E-state index >= 15 is 0 Å². The van der Waals surface area contributed by atoms with Gasteiger partial charge < -0.3 is 15.7 Å². The fourth-order valence-corrected chi connectivity index (χ4v) is 3.37. The molecule has 148 valence electrons. The zero-order valence-corrected chi connectivity index (χ0v) is 16.2. The number of aromatic carboxylic acids is 1. The number of benzene rings is 1. The second-order valence-corrected chi connectivity index (χ2v) is 7.12. The Hall–Kier alpha value is -2.96. The average molecular weight is 381 g/mol. The maximum absolute atomic E-state index is 11.1. The Kier molecular flexibility index (Phi) is 6.57. The lowest BCUT2D eigenvalue weighted by atomic mass is 9.95. The average Bonchev–Trinajstić information content (AvgIpc) is 2.73. The fraction of sp³-hybridized carbons (Fsp3) is 0.429.